The minimum atomic E-state index is -4.55. The summed E-state index contributed by atoms with van der Waals surface area (Å²) in [6.45, 7) is 0. The van der Waals surface area contributed by atoms with Crippen LogP contribution in [0.25, 0.3) is 0 Å². The summed E-state index contributed by atoms with van der Waals surface area (Å²) in [5.41, 5.74) is -1.18. The minimum absolute atomic E-state index is 0.0461. The predicted octanol–water partition coefficient (Wildman–Crippen LogP) is 5.49. The standard InChI is InChI=1S/C21H13F5N2O2/c22-14-7-8-17(18(23)11-14)20(30)28-15-5-1-3-12(9-15)19(29)27-16-6-2-4-13(10-16)21(24,25)26/h1-11H,(H,27,29)(H,28,30). The van der Waals surface area contributed by atoms with Crippen LogP contribution in [0.15, 0.2) is 66.7 Å². The van der Waals surface area contributed by atoms with Crippen LogP contribution in [0.3, 0.4) is 0 Å². The molecule has 0 saturated heterocycles. The van der Waals surface area contributed by atoms with Gasteiger partial charge in [-0.3, -0.25) is 9.59 Å². The second-order valence-corrected chi connectivity index (χ2v) is 6.19. The molecule has 0 spiro atoms. The number of rotatable bonds is 4. The van der Waals surface area contributed by atoms with Crippen LogP contribution in [0.4, 0.5) is 33.3 Å². The molecule has 2 amide bonds. The zero-order valence-corrected chi connectivity index (χ0v) is 15.1. The molecule has 30 heavy (non-hydrogen) atoms. The number of hydrogen-bond donors (Lipinski definition) is 2. The maximum absolute atomic E-state index is 13.7. The Morgan fingerprint density at radius 1 is 0.733 bits per heavy atom. The molecule has 3 aromatic rings. The van der Waals surface area contributed by atoms with E-state index in [-0.39, 0.29) is 16.9 Å². The quantitative estimate of drug-likeness (QED) is 0.549. The van der Waals surface area contributed by atoms with Gasteiger partial charge in [0.1, 0.15) is 11.6 Å². The van der Waals surface area contributed by atoms with Crippen LogP contribution in [0.1, 0.15) is 26.3 Å². The SMILES string of the molecule is O=C(Nc1cccc(C(F)(F)F)c1)c1cccc(NC(=O)c2ccc(F)cc2F)c1. The van der Waals surface area contributed by atoms with Crippen LogP contribution in [0, 0.1) is 11.6 Å². The van der Waals surface area contributed by atoms with Gasteiger partial charge in [-0.05, 0) is 48.5 Å². The molecule has 0 aliphatic heterocycles. The molecule has 0 bridgehead atoms. The third kappa shape index (κ3) is 4.99. The lowest BCUT2D eigenvalue weighted by Gasteiger charge is -2.11. The van der Waals surface area contributed by atoms with Gasteiger partial charge in [-0.25, -0.2) is 8.78 Å². The number of hydrogen-bond acceptors (Lipinski definition) is 2. The highest BCUT2D eigenvalue weighted by Gasteiger charge is 2.30. The lowest BCUT2D eigenvalue weighted by Crippen LogP contribution is -2.16. The number of nitrogens with one attached hydrogen (secondary N) is 2. The lowest BCUT2D eigenvalue weighted by molar-refractivity contribution is -0.137. The molecule has 0 fully saturated rings. The van der Waals surface area contributed by atoms with Crippen LogP contribution in [-0.2, 0) is 6.18 Å². The van der Waals surface area contributed by atoms with E-state index in [1.54, 1.807) is 0 Å². The summed E-state index contributed by atoms with van der Waals surface area (Å²) in [6.07, 6.45) is -4.55. The smallest absolute Gasteiger partial charge is 0.322 e. The maximum Gasteiger partial charge on any atom is 0.416 e. The van der Waals surface area contributed by atoms with E-state index in [0.29, 0.717) is 6.07 Å². The molecule has 154 valence electrons. The van der Waals surface area contributed by atoms with Gasteiger partial charge in [0.2, 0.25) is 0 Å². The highest BCUT2D eigenvalue weighted by atomic mass is 19.4. The number of carbonyl (C=O) groups excluding carboxylic acids is 2. The van der Waals surface area contributed by atoms with Crippen molar-refractivity contribution in [3.8, 4) is 0 Å². The lowest BCUT2D eigenvalue weighted by atomic mass is 10.1. The van der Waals surface area contributed by atoms with E-state index >= 15 is 0 Å². The molecule has 9 heteroatoms. The molecule has 3 rings (SSSR count). The van der Waals surface area contributed by atoms with Crippen molar-refractivity contribution in [2.24, 2.45) is 0 Å². The summed E-state index contributed by atoms with van der Waals surface area (Å²) in [7, 11) is 0. The maximum atomic E-state index is 13.7. The highest BCUT2D eigenvalue weighted by molar-refractivity contribution is 6.07. The summed E-state index contributed by atoms with van der Waals surface area (Å²) < 4.78 is 65.1. The third-order valence-electron chi connectivity index (χ3n) is 4.01. The average molecular weight is 420 g/mol. The van der Waals surface area contributed by atoms with E-state index in [9.17, 15) is 31.5 Å². The molecule has 0 atom stereocenters. The Balaban J connectivity index is 1.75. The van der Waals surface area contributed by atoms with Crippen molar-refractivity contribution in [2.45, 2.75) is 6.18 Å². The summed E-state index contributed by atoms with van der Waals surface area (Å²) in [5.74, 6) is -3.45. The molecule has 0 radical (unpaired) electrons. The summed E-state index contributed by atoms with van der Waals surface area (Å²) in [4.78, 5) is 24.5. The summed E-state index contributed by atoms with van der Waals surface area (Å²) >= 11 is 0. The molecule has 0 aliphatic carbocycles. The molecule has 2 N–H and O–H groups in total. The number of benzene rings is 3. The minimum Gasteiger partial charge on any atom is -0.322 e. The van der Waals surface area contributed by atoms with Gasteiger partial charge in [0.15, 0.2) is 0 Å². The Kier molecular flexibility index (Phi) is 5.81. The van der Waals surface area contributed by atoms with Gasteiger partial charge in [0, 0.05) is 23.0 Å². The first-order valence-corrected chi connectivity index (χ1v) is 8.48. The van der Waals surface area contributed by atoms with Crippen LogP contribution in [-0.4, -0.2) is 11.8 Å². The highest BCUT2D eigenvalue weighted by Crippen LogP contribution is 2.30. The topological polar surface area (TPSA) is 58.2 Å². The van der Waals surface area contributed by atoms with Crippen molar-refractivity contribution in [2.75, 3.05) is 10.6 Å². The average Bonchev–Trinajstić information content (AvgIpc) is 2.67. The van der Waals surface area contributed by atoms with Crippen LogP contribution in [0.2, 0.25) is 0 Å². The molecule has 0 unspecified atom stereocenters. The first-order valence-electron chi connectivity index (χ1n) is 8.48. The van der Waals surface area contributed by atoms with Crippen LogP contribution in [0.5, 0.6) is 0 Å². The number of amides is 2. The number of carbonyl (C=O) groups is 2. The molecular formula is C21H13F5N2O2. The van der Waals surface area contributed by atoms with Crippen LogP contribution < -0.4 is 10.6 Å². The Hall–Kier alpha value is -3.75. The Morgan fingerprint density at radius 3 is 2.03 bits per heavy atom. The molecule has 0 saturated carbocycles. The van der Waals surface area contributed by atoms with Crippen LogP contribution >= 0.6 is 0 Å². The van der Waals surface area contributed by atoms with Crippen molar-refractivity contribution >= 4 is 23.2 Å². The molecule has 0 heterocycles. The van der Waals surface area contributed by atoms with E-state index in [4.69, 9.17) is 0 Å². The van der Waals surface area contributed by atoms with Gasteiger partial charge >= 0.3 is 6.18 Å². The molecule has 4 nitrogen and oxygen atoms in total. The Labute approximate surface area is 167 Å². The predicted molar refractivity (Wildman–Crippen MR) is 100 cm³/mol. The number of halogens is 5. The second-order valence-electron chi connectivity index (χ2n) is 6.19. The first kappa shape index (κ1) is 21.0. The van der Waals surface area contributed by atoms with E-state index in [2.05, 4.69) is 10.6 Å². The molecular weight excluding hydrogens is 407 g/mol. The van der Waals surface area contributed by atoms with Crippen molar-refractivity contribution in [3.05, 3.63) is 95.1 Å². The zero-order chi connectivity index (χ0) is 21.9. The summed E-state index contributed by atoms with van der Waals surface area (Å²) in [6, 6.07) is 12.1. The largest absolute Gasteiger partial charge is 0.416 e. The van der Waals surface area contributed by atoms with Gasteiger partial charge in [0.25, 0.3) is 11.8 Å². The molecule has 0 aliphatic rings. The van der Waals surface area contributed by atoms with E-state index < -0.39 is 40.8 Å². The van der Waals surface area contributed by atoms with Crippen molar-refractivity contribution in [3.63, 3.8) is 0 Å². The van der Waals surface area contributed by atoms with E-state index in [1.807, 2.05) is 0 Å². The van der Waals surface area contributed by atoms with Crippen molar-refractivity contribution in [1.29, 1.82) is 0 Å². The van der Waals surface area contributed by atoms with Gasteiger partial charge in [0.05, 0.1) is 11.1 Å². The van der Waals surface area contributed by atoms with Gasteiger partial charge < -0.3 is 10.6 Å². The van der Waals surface area contributed by atoms with Gasteiger partial charge in [-0.1, -0.05) is 12.1 Å². The number of anilines is 2. The monoisotopic (exact) mass is 420 g/mol. The van der Waals surface area contributed by atoms with Gasteiger partial charge in [-0.15, -0.1) is 0 Å². The first-order chi connectivity index (χ1) is 14.1. The van der Waals surface area contributed by atoms with Crippen molar-refractivity contribution < 1.29 is 31.5 Å². The normalized spacial score (nSPS) is 11.1. The molecule has 0 aromatic heterocycles. The Bertz CT molecular complexity index is 1110. The Morgan fingerprint density at radius 2 is 1.37 bits per heavy atom. The molecule has 3 aromatic carbocycles. The fourth-order valence-electron chi connectivity index (χ4n) is 2.59. The van der Waals surface area contributed by atoms with Crippen molar-refractivity contribution in [1.82, 2.24) is 0 Å². The second kappa shape index (κ2) is 8.32. The number of alkyl halides is 3. The van der Waals surface area contributed by atoms with E-state index in [1.165, 1.54) is 30.3 Å². The summed E-state index contributed by atoms with van der Waals surface area (Å²) in [5, 5.41) is 4.72. The third-order valence-corrected chi connectivity index (χ3v) is 4.01. The van der Waals surface area contributed by atoms with Gasteiger partial charge in [-0.2, -0.15) is 13.2 Å². The fraction of sp³-hybridized carbons (Fsp3) is 0.0476. The fourth-order valence-corrected chi connectivity index (χ4v) is 2.59. The zero-order valence-electron chi connectivity index (χ0n) is 15.1. The van der Waals surface area contributed by atoms with E-state index in [0.717, 1.165) is 30.3 Å².